The summed E-state index contributed by atoms with van der Waals surface area (Å²) in [5, 5.41) is 4.77. The average Bonchev–Trinajstić information content (AvgIpc) is 2.45. The second kappa shape index (κ2) is 3.42. The van der Waals surface area contributed by atoms with Crippen molar-refractivity contribution >= 4 is 11.6 Å². The maximum Gasteiger partial charge on any atom is 0.129 e. The molecule has 4 heteroatoms. The minimum absolute atomic E-state index is 0.501. The van der Waals surface area contributed by atoms with Gasteiger partial charge < -0.3 is 0 Å². The minimum atomic E-state index is 0.501. The zero-order valence-electron chi connectivity index (χ0n) is 8.03. The lowest BCUT2D eigenvalue weighted by molar-refractivity contribution is 0.764. The van der Waals surface area contributed by atoms with Crippen molar-refractivity contribution < 1.29 is 0 Å². The van der Waals surface area contributed by atoms with Crippen LogP contribution in [0.15, 0.2) is 24.4 Å². The van der Waals surface area contributed by atoms with Crippen molar-refractivity contribution in [3.63, 3.8) is 0 Å². The Morgan fingerprint density at radius 3 is 2.71 bits per heavy atom. The minimum Gasteiger partial charge on any atom is -0.268 e. The summed E-state index contributed by atoms with van der Waals surface area (Å²) in [5.41, 5.74) is 3.08. The largest absolute Gasteiger partial charge is 0.268 e. The van der Waals surface area contributed by atoms with Crippen molar-refractivity contribution in [1.29, 1.82) is 0 Å². The van der Waals surface area contributed by atoms with Crippen molar-refractivity contribution in [3.05, 3.63) is 35.2 Å². The van der Waals surface area contributed by atoms with Crippen molar-refractivity contribution in [2.45, 2.75) is 6.92 Å². The van der Waals surface area contributed by atoms with E-state index in [0.29, 0.717) is 5.15 Å². The lowest BCUT2D eigenvalue weighted by Gasteiger charge is -2.00. The highest BCUT2D eigenvalue weighted by atomic mass is 35.5. The summed E-state index contributed by atoms with van der Waals surface area (Å²) in [7, 11) is 1.91. The molecule has 0 aliphatic carbocycles. The summed E-state index contributed by atoms with van der Waals surface area (Å²) in [5.74, 6) is 0. The topological polar surface area (TPSA) is 30.7 Å². The van der Waals surface area contributed by atoms with Crippen LogP contribution in [0.5, 0.6) is 0 Å². The summed E-state index contributed by atoms with van der Waals surface area (Å²) in [6, 6.07) is 5.77. The molecule has 0 bridgehead atoms. The lowest BCUT2D eigenvalue weighted by Crippen LogP contribution is -1.93. The molecule has 0 saturated heterocycles. The van der Waals surface area contributed by atoms with E-state index in [9.17, 15) is 0 Å². The first-order valence-electron chi connectivity index (χ1n) is 4.29. The van der Waals surface area contributed by atoms with Gasteiger partial charge in [-0.15, -0.1) is 0 Å². The SMILES string of the molecule is Cc1cc(-c2ccnc(Cl)c2)n(C)n1. The van der Waals surface area contributed by atoms with Gasteiger partial charge in [0.2, 0.25) is 0 Å². The van der Waals surface area contributed by atoms with E-state index in [0.717, 1.165) is 17.0 Å². The van der Waals surface area contributed by atoms with Gasteiger partial charge in [-0.25, -0.2) is 4.98 Å². The van der Waals surface area contributed by atoms with E-state index in [1.165, 1.54) is 0 Å². The summed E-state index contributed by atoms with van der Waals surface area (Å²) in [4.78, 5) is 3.94. The van der Waals surface area contributed by atoms with Crippen molar-refractivity contribution in [3.8, 4) is 11.3 Å². The van der Waals surface area contributed by atoms with Crippen molar-refractivity contribution in [2.24, 2.45) is 7.05 Å². The molecule has 2 heterocycles. The molecule has 0 aromatic carbocycles. The fraction of sp³-hybridized carbons (Fsp3) is 0.200. The highest BCUT2D eigenvalue weighted by Gasteiger charge is 2.05. The van der Waals surface area contributed by atoms with Gasteiger partial charge in [0.1, 0.15) is 5.15 Å². The molecule has 2 aromatic rings. The molecule has 14 heavy (non-hydrogen) atoms. The quantitative estimate of drug-likeness (QED) is 0.673. The van der Waals surface area contributed by atoms with Crippen LogP contribution >= 0.6 is 11.6 Å². The second-order valence-corrected chi connectivity index (χ2v) is 3.55. The third kappa shape index (κ3) is 1.63. The van der Waals surface area contributed by atoms with Crippen LogP contribution in [0.1, 0.15) is 5.69 Å². The second-order valence-electron chi connectivity index (χ2n) is 3.16. The number of pyridine rings is 1. The van der Waals surface area contributed by atoms with Gasteiger partial charge in [0.05, 0.1) is 11.4 Å². The molecule has 3 nitrogen and oxygen atoms in total. The van der Waals surface area contributed by atoms with E-state index in [2.05, 4.69) is 10.1 Å². The molecule has 0 saturated carbocycles. The highest BCUT2D eigenvalue weighted by molar-refractivity contribution is 6.29. The molecule has 2 aromatic heterocycles. The van der Waals surface area contributed by atoms with Crippen molar-refractivity contribution in [1.82, 2.24) is 14.8 Å². The van der Waals surface area contributed by atoms with Gasteiger partial charge >= 0.3 is 0 Å². The van der Waals surface area contributed by atoms with Gasteiger partial charge in [0.25, 0.3) is 0 Å². The molecule has 0 aliphatic rings. The highest BCUT2D eigenvalue weighted by Crippen LogP contribution is 2.21. The zero-order chi connectivity index (χ0) is 10.1. The normalized spacial score (nSPS) is 10.5. The number of aryl methyl sites for hydroxylation is 2. The smallest absolute Gasteiger partial charge is 0.129 e. The number of halogens is 1. The fourth-order valence-corrected chi connectivity index (χ4v) is 1.62. The molecule has 2 rings (SSSR count). The van der Waals surface area contributed by atoms with Gasteiger partial charge in [-0.1, -0.05) is 11.6 Å². The molecular weight excluding hydrogens is 198 g/mol. The Balaban J connectivity index is 2.54. The molecule has 0 N–H and O–H groups in total. The molecule has 0 atom stereocenters. The van der Waals surface area contributed by atoms with Crippen molar-refractivity contribution in [2.75, 3.05) is 0 Å². The molecule has 0 aliphatic heterocycles. The number of nitrogens with zero attached hydrogens (tertiary/aromatic N) is 3. The fourth-order valence-electron chi connectivity index (χ4n) is 1.44. The Morgan fingerprint density at radius 1 is 1.36 bits per heavy atom. The number of hydrogen-bond acceptors (Lipinski definition) is 2. The Labute approximate surface area is 87.3 Å². The molecule has 0 spiro atoms. The number of rotatable bonds is 1. The van der Waals surface area contributed by atoms with Crippen LogP contribution < -0.4 is 0 Å². The summed E-state index contributed by atoms with van der Waals surface area (Å²) < 4.78 is 1.83. The van der Waals surface area contributed by atoms with Crippen LogP contribution in [0, 0.1) is 6.92 Å². The standard InChI is InChI=1S/C10H10ClN3/c1-7-5-9(14(2)13-7)8-3-4-12-10(11)6-8/h3-6H,1-2H3. The van der Waals surface area contributed by atoms with E-state index in [1.54, 1.807) is 6.20 Å². The molecule has 0 amide bonds. The maximum atomic E-state index is 5.81. The van der Waals surface area contributed by atoms with Gasteiger partial charge in [-0.3, -0.25) is 4.68 Å². The summed E-state index contributed by atoms with van der Waals surface area (Å²) in [6.45, 7) is 1.96. The predicted octanol–water partition coefficient (Wildman–Crippen LogP) is 2.44. The molecule has 72 valence electrons. The Morgan fingerprint density at radius 2 is 2.14 bits per heavy atom. The number of hydrogen-bond donors (Lipinski definition) is 0. The predicted molar refractivity (Wildman–Crippen MR) is 56.2 cm³/mol. The van der Waals surface area contributed by atoms with Crippen LogP contribution in [-0.4, -0.2) is 14.8 Å². The Kier molecular flexibility index (Phi) is 2.25. The van der Waals surface area contributed by atoms with Crippen LogP contribution in [0.4, 0.5) is 0 Å². The van der Waals surface area contributed by atoms with E-state index in [-0.39, 0.29) is 0 Å². The molecule has 0 radical (unpaired) electrons. The van der Waals surface area contributed by atoms with Gasteiger partial charge in [0, 0.05) is 18.8 Å². The average molecular weight is 208 g/mol. The lowest BCUT2D eigenvalue weighted by atomic mass is 10.2. The monoisotopic (exact) mass is 207 g/mol. The van der Waals surface area contributed by atoms with Gasteiger partial charge in [0.15, 0.2) is 0 Å². The first kappa shape index (κ1) is 9.21. The molecular formula is C10H10ClN3. The van der Waals surface area contributed by atoms with Crippen LogP contribution in [0.25, 0.3) is 11.3 Å². The van der Waals surface area contributed by atoms with E-state index < -0.39 is 0 Å². The van der Waals surface area contributed by atoms with Gasteiger partial charge in [-0.2, -0.15) is 5.10 Å². The third-order valence-corrected chi connectivity index (χ3v) is 2.23. The first-order chi connectivity index (χ1) is 6.66. The summed E-state index contributed by atoms with van der Waals surface area (Å²) in [6.07, 6.45) is 1.69. The van der Waals surface area contributed by atoms with Gasteiger partial charge in [-0.05, 0) is 25.1 Å². The van der Waals surface area contributed by atoms with Crippen LogP contribution in [0.2, 0.25) is 5.15 Å². The maximum absolute atomic E-state index is 5.81. The van der Waals surface area contributed by atoms with Crippen LogP contribution in [0.3, 0.4) is 0 Å². The summed E-state index contributed by atoms with van der Waals surface area (Å²) >= 11 is 5.81. The Hall–Kier alpha value is -1.35. The van der Waals surface area contributed by atoms with Crippen LogP contribution in [-0.2, 0) is 7.05 Å². The third-order valence-electron chi connectivity index (χ3n) is 2.02. The molecule has 0 fully saturated rings. The van der Waals surface area contributed by atoms with E-state index in [1.807, 2.05) is 36.9 Å². The first-order valence-corrected chi connectivity index (χ1v) is 4.67. The zero-order valence-corrected chi connectivity index (χ0v) is 8.78. The number of aromatic nitrogens is 3. The van der Waals surface area contributed by atoms with E-state index in [4.69, 9.17) is 11.6 Å². The Bertz CT molecular complexity index is 462. The molecule has 0 unspecified atom stereocenters. The van der Waals surface area contributed by atoms with E-state index >= 15 is 0 Å².